The van der Waals surface area contributed by atoms with Crippen LogP contribution in [0.5, 0.6) is 0 Å². The quantitative estimate of drug-likeness (QED) is 0.354. The Morgan fingerprint density at radius 3 is 2.26 bits per heavy atom. The van der Waals surface area contributed by atoms with Gasteiger partial charge in [-0.05, 0) is 44.5 Å². The summed E-state index contributed by atoms with van der Waals surface area (Å²) in [6.07, 6.45) is 0.910. The Bertz CT molecular complexity index is 1150. The number of nitro groups is 1. The highest BCUT2D eigenvalue weighted by molar-refractivity contribution is 9.10. The van der Waals surface area contributed by atoms with Crippen LogP contribution in [0.2, 0.25) is 0 Å². The van der Waals surface area contributed by atoms with Gasteiger partial charge in [-0.1, -0.05) is 34.1 Å². The predicted octanol–water partition coefficient (Wildman–Crippen LogP) is 3.07. The largest absolute Gasteiger partial charge is 0.352 e. The molecule has 0 heterocycles. The van der Waals surface area contributed by atoms with E-state index in [1.807, 2.05) is 0 Å². The number of nitrogens with one attached hydrogen (secondary N) is 1. The first-order valence-corrected chi connectivity index (χ1v) is 13.0. The maximum atomic E-state index is 13.4. The Morgan fingerprint density at radius 1 is 1.12 bits per heavy atom. The fraction of sp³-hybridized carbons (Fsp3) is 0.364. The Kier molecular flexibility index (Phi) is 9.16. The fourth-order valence-electron chi connectivity index (χ4n) is 3.15. The molecule has 0 aliphatic rings. The smallest absolute Gasteiger partial charge is 0.271 e. The van der Waals surface area contributed by atoms with Crippen molar-refractivity contribution in [2.45, 2.75) is 39.4 Å². The van der Waals surface area contributed by atoms with Crippen molar-refractivity contribution in [2.75, 3.05) is 17.1 Å². The Hall–Kier alpha value is -2.99. The molecule has 2 rings (SSSR count). The van der Waals surface area contributed by atoms with Crippen LogP contribution in [0.4, 0.5) is 11.4 Å². The highest BCUT2D eigenvalue weighted by atomic mass is 79.9. The van der Waals surface area contributed by atoms with Gasteiger partial charge < -0.3 is 10.2 Å². The lowest BCUT2D eigenvalue weighted by atomic mass is 10.1. The van der Waals surface area contributed by atoms with Crippen LogP contribution in [0.1, 0.15) is 26.3 Å². The molecule has 0 fully saturated rings. The standard InChI is InChI=1S/C22H27BrN4O6S/c1-15(2)24-22(29)16(3)25(13-17-8-10-18(23)11-9-17)21(28)14-26(34(4,32)33)19-6-5-7-20(12-19)27(30)31/h5-12,15-16H,13-14H2,1-4H3,(H,24,29)/t16-/m0/s1. The van der Waals surface area contributed by atoms with Crippen molar-refractivity contribution >= 4 is 49.1 Å². The molecule has 0 bridgehead atoms. The van der Waals surface area contributed by atoms with Crippen molar-refractivity contribution in [3.05, 3.63) is 68.7 Å². The van der Waals surface area contributed by atoms with E-state index in [2.05, 4.69) is 21.2 Å². The molecule has 12 heteroatoms. The van der Waals surface area contributed by atoms with E-state index in [-0.39, 0.29) is 29.9 Å². The number of amides is 2. The van der Waals surface area contributed by atoms with Crippen LogP contribution < -0.4 is 9.62 Å². The molecule has 184 valence electrons. The summed E-state index contributed by atoms with van der Waals surface area (Å²) >= 11 is 3.35. The molecule has 0 aliphatic carbocycles. The normalized spacial score (nSPS) is 12.2. The molecular weight excluding hydrogens is 528 g/mol. The number of nitrogens with zero attached hydrogens (tertiary/aromatic N) is 3. The van der Waals surface area contributed by atoms with Crippen molar-refractivity contribution in [3.63, 3.8) is 0 Å². The van der Waals surface area contributed by atoms with Gasteiger partial charge in [0.1, 0.15) is 12.6 Å². The highest BCUT2D eigenvalue weighted by Crippen LogP contribution is 2.24. The number of hydrogen-bond donors (Lipinski definition) is 1. The van der Waals surface area contributed by atoms with Gasteiger partial charge in [-0.25, -0.2) is 8.42 Å². The maximum Gasteiger partial charge on any atom is 0.271 e. The zero-order valence-electron chi connectivity index (χ0n) is 19.3. The molecule has 1 atom stereocenters. The predicted molar refractivity (Wildman–Crippen MR) is 133 cm³/mol. The fourth-order valence-corrected chi connectivity index (χ4v) is 4.26. The van der Waals surface area contributed by atoms with Crippen LogP contribution in [0.15, 0.2) is 53.0 Å². The molecule has 0 radical (unpaired) electrons. The first kappa shape index (κ1) is 27.3. The van der Waals surface area contributed by atoms with E-state index in [0.717, 1.165) is 26.7 Å². The van der Waals surface area contributed by atoms with Gasteiger partial charge >= 0.3 is 0 Å². The Balaban J connectivity index is 2.42. The van der Waals surface area contributed by atoms with E-state index >= 15 is 0 Å². The van der Waals surface area contributed by atoms with Crippen molar-refractivity contribution in [3.8, 4) is 0 Å². The third-order valence-electron chi connectivity index (χ3n) is 4.87. The Labute approximate surface area is 207 Å². The molecule has 2 amide bonds. The number of rotatable bonds is 10. The minimum absolute atomic E-state index is 0.0204. The van der Waals surface area contributed by atoms with Gasteiger partial charge in [-0.3, -0.25) is 24.0 Å². The van der Waals surface area contributed by atoms with Gasteiger partial charge in [0.25, 0.3) is 5.69 Å². The van der Waals surface area contributed by atoms with E-state index in [0.29, 0.717) is 0 Å². The minimum atomic E-state index is -3.98. The van der Waals surface area contributed by atoms with Crippen molar-refractivity contribution in [1.82, 2.24) is 10.2 Å². The van der Waals surface area contributed by atoms with Crippen molar-refractivity contribution in [2.24, 2.45) is 0 Å². The summed E-state index contributed by atoms with van der Waals surface area (Å²) < 4.78 is 26.7. The second-order valence-corrected chi connectivity index (χ2v) is 10.9. The number of halogens is 1. The monoisotopic (exact) mass is 554 g/mol. The number of sulfonamides is 1. The molecule has 0 saturated carbocycles. The number of nitro benzene ring substituents is 1. The summed E-state index contributed by atoms with van der Waals surface area (Å²) in [7, 11) is -3.98. The minimum Gasteiger partial charge on any atom is -0.352 e. The van der Waals surface area contributed by atoms with Gasteiger partial charge in [0.05, 0.1) is 16.9 Å². The van der Waals surface area contributed by atoms with Crippen LogP contribution >= 0.6 is 15.9 Å². The van der Waals surface area contributed by atoms with Crippen molar-refractivity contribution < 1.29 is 22.9 Å². The zero-order chi connectivity index (χ0) is 25.6. The number of hydrogen-bond acceptors (Lipinski definition) is 6. The van der Waals surface area contributed by atoms with Gasteiger partial charge in [0.2, 0.25) is 21.8 Å². The average Bonchev–Trinajstić information content (AvgIpc) is 2.75. The van der Waals surface area contributed by atoms with E-state index in [1.54, 1.807) is 45.0 Å². The highest BCUT2D eigenvalue weighted by Gasteiger charge is 2.30. The Morgan fingerprint density at radius 2 is 1.74 bits per heavy atom. The summed E-state index contributed by atoms with van der Waals surface area (Å²) in [4.78, 5) is 37.9. The first-order valence-electron chi connectivity index (χ1n) is 10.4. The maximum absolute atomic E-state index is 13.4. The SMILES string of the molecule is CC(C)NC(=O)[C@H](C)N(Cc1ccc(Br)cc1)C(=O)CN(c1cccc([N+](=O)[O-])c1)S(C)(=O)=O. The molecule has 2 aromatic carbocycles. The second-order valence-electron chi connectivity index (χ2n) is 8.03. The molecule has 2 aromatic rings. The molecule has 1 N–H and O–H groups in total. The number of non-ortho nitro benzene ring substituents is 1. The molecule has 0 saturated heterocycles. The van der Waals surface area contributed by atoms with Crippen LogP contribution in [-0.4, -0.2) is 54.9 Å². The van der Waals surface area contributed by atoms with Gasteiger partial charge in [-0.2, -0.15) is 0 Å². The van der Waals surface area contributed by atoms with E-state index in [4.69, 9.17) is 0 Å². The number of carbonyl (C=O) groups excluding carboxylic acids is 2. The zero-order valence-corrected chi connectivity index (χ0v) is 21.7. The first-order chi connectivity index (χ1) is 15.8. The van der Waals surface area contributed by atoms with E-state index < -0.39 is 33.4 Å². The average molecular weight is 555 g/mol. The third-order valence-corrected chi connectivity index (χ3v) is 6.54. The summed E-state index contributed by atoms with van der Waals surface area (Å²) in [5.74, 6) is -1.02. The van der Waals surface area contributed by atoms with Gasteiger partial charge in [0, 0.05) is 29.2 Å². The molecule has 0 aliphatic heterocycles. The summed E-state index contributed by atoms with van der Waals surface area (Å²) in [5, 5.41) is 13.9. The molecule has 34 heavy (non-hydrogen) atoms. The van der Waals surface area contributed by atoms with Crippen LogP contribution in [0.3, 0.4) is 0 Å². The number of carbonyl (C=O) groups is 2. The number of anilines is 1. The lowest BCUT2D eigenvalue weighted by Gasteiger charge is -2.31. The van der Waals surface area contributed by atoms with E-state index in [1.165, 1.54) is 23.1 Å². The van der Waals surface area contributed by atoms with Crippen LogP contribution in [0.25, 0.3) is 0 Å². The van der Waals surface area contributed by atoms with Gasteiger partial charge in [-0.15, -0.1) is 0 Å². The van der Waals surface area contributed by atoms with Crippen molar-refractivity contribution in [1.29, 1.82) is 0 Å². The van der Waals surface area contributed by atoms with Crippen LogP contribution in [0, 0.1) is 10.1 Å². The topological polar surface area (TPSA) is 130 Å². The summed E-state index contributed by atoms with van der Waals surface area (Å²) in [6.45, 7) is 4.58. The van der Waals surface area contributed by atoms with Gasteiger partial charge in [0.15, 0.2) is 0 Å². The molecule has 0 aromatic heterocycles. The molecule has 10 nitrogen and oxygen atoms in total. The van der Waals surface area contributed by atoms with E-state index in [9.17, 15) is 28.1 Å². The lowest BCUT2D eigenvalue weighted by molar-refractivity contribution is -0.384. The molecular formula is C22H27BrN4O6S. The lowest BCUT2D eigenvalue weighted by Crippen LogP contribution is -2.52. The third kappa shape index (κ3) is 7.52. The molecule has 0 unspecified atom stereocenters. The molecule has 0 spiro atoms. The number of benzene rings is 2. The summed E-state index contributed by atoms with van der Waals surface area (Å²) in [5.41, 5.74) is 0.407. The van der Waals surface area contributed by atoms with Crippen LogP contribution in [-0.2, 0) is 26.2 Å². The second kappa shape index (κ2) is 11.4. The summed E-state index contributed by atoms with van der Waals surface area (Å²) in [6, 6.07) is 11.1.